The van der Waals surface area contributed by atoms with Gasteiger partial charge in [0.2, 0.25) is 0 Å². The summed E-state index contributed by atoms with van der Waals surface area (Å²) in [4.78, 5) is 0. The van der Waals surface area contributed by atoms with Crippen molar-refractivity contribution in [2.45, 2.75) is 32.6 Å². The Morgan fingerprint density at radius 1 is 1.32 bits per heavy atom. The third kappa shape index (κ3) is 5.16. The molecule has 0 aromatic heterocycles. The zero-order valence-corrected chi connectivity index (χ0v) is 10.9. The molecule has 1 aromatic rings. The number of hydrogen-bond acceptors (Lipinski definition) is 2. The Labute approximate surface area is 109 Å². The molecule has 108 valence electrons. The number of halogens is 4. The van der Waals surface area contributed by atoms with Gasteiger partial charge in [-0.15, -0.1) is 0 Å². The van der Waals surface area contributed by atoms with Gasteiger partial charge in [0.25, 0.3) is 0 Å². The summed E-state index contributed by atoms with van der Waals surface area (Å²) >= 11 is 0. The Morgan fingerprint density at radius 3 is 2.58 bits per heavy atom. The summed E-state index contributed by atoms with van der Waals surface area (Å²) in [6.07, 6.45) is -4.55. The zero-order chi connectivity index (χ0) is 14.5. The highest BCUT2D eigenvalue weighted by atomic mass is 19.4. The van der Waals surface area contributed by atoms with Crippen LogP contribution in [0.3, 0.4) is 0 Å². The molecule has 6 heteroatoms. The van der Waals surface area contributed by atoms with E-state index in [1.165, 1.54) is 0 Å². The minimum atomic E-state index is -4.55. The second-order valence-corrected chi connectivity index (χ2v) is 4.24. The largest absolute Gasteiger partial charge is 0.416 e. The van der Waals surface area contributed by atoms with Crippen LogP contribution in [0.15, 0.2) is 18.2 Å². The van der Waals surface area contributed by atoms with E-state index in [1.807, 2.05) is 13.8 Å². The average Bonchev–Trinajstić information content (AvgIpc) is 2.33. The van der Waals surface area contributed by atoms with E-state index in [1.54, 1.807) is 0 Å². The zero-order valence-electron chi connectivity index (χ0n) is 10.9. The maximum absolute atomic E-state index is 12.9. The number of nitrogens with one attached hydrogen (secondary N) is 1. The lowest BCUT2D eigenvalue weighted by molar-refractivity contribution is -0.138. The number of rotatable bonds is 6. The van der Waals surface area contributed by atoms with Gasteiger partial charge in [0.1, 0.15) is 5.82 Å². The fourth-order valence-corrected chi connectivity index (χ4v) is 1.60. The van der Waals surface area contributed by atoms with E-state index >= 15 is 0 Å². The molecule has 0 aliphatic heterocycles. The second kappa shape index (κ2) is 6.86. The standard InChI is InChI=1S/C13H17F4NO/c1-3-19-8-9(2)18-7-10-4-5-11(14)6-12(10)13(15,16)17/h4-6,9,18H,3,7-8H2,1-2H3. The van der Waals surface area contributed by atoms with Crippen LogP contribution in [-0.2, 0) is 17.5 Å². The average molecular weight is 279 g/mol. The third-order valence-corrected chi connectivity index (χ3v) is 2.59. The smallest absolute Gasteiger partial charge is 0.380 e. The van der Waals surface area contributed by atoms with Crippen molar-refractivity contribution in [2.24, 2.45) is 0 Å². The van der Waals surface area contributed by atoms with Crippen LogP contribution in [0.4, 0.5) is 17.6 Å². The highest BCUT2D eigenvalue weighted by Gasteiger charge is 2.33. The molecular formula is C13H17F4NO. The van der Waals surface area contributed by atoms with Gasteiger partial charge in [0.05, 0.1) is 12.2 Å². The van der Waals surface area contributed by atoms with Gasteiger partial charge in [-0.2, -0.15) is 13.2 Å². The molecule has 1 atom stereocenters. The second-order valence-electron chi connectivity index (χ2n) is 4.24. The van der Waals surface area contributed by atoms with Crippen molar-refractivity contribution in [1.82, 2.24) is 5.32 Å². The molecule has 2 nitrogen and oxygen atoms in total. The predicted octanol–water partition coefficient (Wildman–Crippen LogP) is 3.36. The van der Waals surface area contributed by atoms with E-state index < -0.39 is 17.6 Å². The first-order valence-electron chi connectivity index (χ1n) is 6.01. The molecular weight excluding hydrogens is 262 g/mol. The Bertz CT molecular complexity index is 406. The van der Waals surface area contributed by atoms with E-state index in [4.69, 9.17) is 4.74 Å². The van der Waals surface area contributed by atoms with Gasteiger partial charge in [-0.1, -0.05) is 6.07 Å². The summed E-state index contributed by atoms with van der Waals surface area (Å²) in [5.41, 5.74) is -0.916. The molecule has 0 saturated carbocycles. The van der Waals surface area contributed by atoms with Crippen LogP contribution in [0.2, 0.25) is 0 Å². The number of benzene rings is 1. The maximum atomic E-state index is 12.9. The van der Waals surface area contributed by atoms with Gasteiger partial charge in [0.15, 0.2) is 0 Å². The van der Waals surface area contributed by atoms with Crippen LogP contribution >= 0.6 is 0 Å². The first kappa shape index (κ1) is 15.9. The molecule has 1 unspecified atom stereocenters. The molecule has 0 radical (unpaired) electrons. The summed E-state index contributed by atoms with van der Waals surface area (Å²) < 4.78 is 56.3. The molecule has 19 heavy (non-hydrogen) atoms. The summed E-state index contributed by atoms with van der Waals surface area (Å²) in [7, 11) is 0. The fourth-order valence-electron chi connectivity index (χ4n) is 1.60. The monoisotopic (exact) mass is 279 g/mol. The number of alkyl halides is 3. The minimum Gasteiger partial charge on any atom is -0.380 e. The normalized spacial score (nSPS) is 13.6. The van der Waals surface area contributed by atoms with Crippen molar-refractivity contribution >= 4 is 0 Å². The molecule has 1 N–H and O–H groups in total. The molecule has 0 aliphatic carbocycles. The molecule has 0 aliphatic rings. The molecule has 0 heterocycles. The van der Waals surface area contributed by atoms with E-state index in [0.29, 0.717) is 19.3 Å². The molecule has 0 amide bonds. The van der Waals surface area contributed by atoms with Crippen LogP contribution in [0, 0.1) is 5.82 Å². The van der Waals surface area contributed by atoms with Crippen molar-refractivity contribution < 1.29 is 22.3 Å². The topological polar surface area (TPSA) is 21.3 Å². The van der Waals surface area contributed by atoms with Gasteiger partial charge in [-0.05, 0) is 31.5 Å². The van der Waals surface area contributed by atoms with Crippen LogP contribution in [0.25, 0.3) is 0 Å². The Kier molecular flexibility index (Phi) is 5.75. The molecule has 0 bridgehead atoms. The quantitative estimate of drug-likeness (QED) is 0.806. The van der Waals surface area contributed by atoms with Gasteiger partial charge in [-0.25, -0.2) is 4.39 Å². The summed E-state index contributed by atoms with van der Waals surface area (Å²) in [5.74, 6) is -0.890. The van der Waals surface area contributed by atoms with E-state index in [0.717, 1.165) is 12.1 Å². The predicted molar refractivity (Wildman–Crippen MR) is 64.2 cm³/mol. The van der Waals surface area contributed by atoms with E-state index in [-0.39, 0.29) is 18.2 Å². The van der Waals surface area contributed by atoms with Crippen molar-refractivity contribution in [3.8, 4) is 0 Å². The number of hydrogen-bond donors (Lipinski definition) is 1. The third-order valence-electron chi connectivity index (χ3n) is 2.59. The van der Waals surface area contributed by atoms with Crippen LogP contribution in [0.1, 0.15) is 25.0 Å². The Morgan fingerprint density at radius 2 is 2.00 bits per heavy atom. The van der Waals surface area contributed by atoms with Crippen LogP contribution in [-0.4, -0.2) is 19.3 Å². The first-order chi connectivity index (χ1) is 8.84. The van der Waals surface area contributed by atoms with Gasteiger partial charge >= 0.3 is 6.18 Å². The molecule has 0 saturated heterocycles. The lowest BCUT2D eigenvalue weighted by atomic mass is 10.1. The Hall–Kier alpha value is -1.14. The summed E-state index contributed by atoms with van der Waals surface area (Å²) in [6, 6.07) is 2.62. The fraction of sp³-hybridized carbons (Fsp3) is 0.538. The number of ether oxygens (including phenoxy) is 1. The van der Waals surface area contributed by atoms with E-state index in [2.05, 4.69) is 5.32 Å². The van der Waals surface area contributed by atoms with Crippen molar-refractivity contribution in [1.29, 1.82) is 0 Å². The highest BCUT2D eigenvalue weighted by molar-refractivity contribution is 5.30. The van der Waals surface area contributed by atoms with Gasteiger partial charge < -0.3 is 10.1 Å². The molecule has 1 aromatic carbocycles. The maximum Gasteiger partial charge on any atom is 0.416 e. The van der Waals surface area contributed by atoms with Crippen molar-refractivity contribution in [3.05, 3.63) is 35.1 Å². The molecule has 0 spiro atoms. The molecule has 1 rings (SSSR count). The van der Waals surface area contributed by atoms with Crippen LogP contribution in [0.5, 0.6) is 0 Å². The summed E-state index contributed by atoms with van der Waals surface area (Å²) in [6.45, 7) is 4.64. The lowest BCUT2D eigenvalue weighted by Crippen LogP contribution is -2.31. The van der Waals surface area contributed by atoms with Crippen LogP contribution < -0.4 is 5.32 Å². The van der Waals surface area contributed by atoms with Crippen molar-refractivity contribution in [2.75, 3.05) is 13.2 Å². The SMILES string of the molecule is CCOCC(C)NCc1ccc(F)cc1C(F)(F)F. The molecule has 0 fully saturated rings. The highest BCUT2D eigenvalue weighted by Crippen LogP contribution is 2.32. The first-order valence-corrected chi connectivity index (χ1v) is 6.01. The minimum absolute atomic E-state index is 0.0172. The van der Waals surface area contributed by atoms with Gasteiger partial charge in [-0.3, -0.25) is 0 Å². The van der Waals surface area contributed by atoms with Crippen molar-refractivity contribution in [3.63, 3.8) is 0 Å². The Balaban J connectivity index is 2.73. The van der Waals surface area contributed by atoms with E-state index in [9.17, 15) is 17.6 Å². The van der Waals surface area contributed by atoms with Gasteiger partial charge in [0, 0.05) is 19.2 Å². The lowest BCUT2D eigenvalue weighted by Gasteiger charge is -2.17. The summed E-state index contributed by atoms with van der Waals surface area (Å²) in [5, 5.41) is 2.92.